The normalized spacial score (nSPS) is 9.00. The van der Waals surface area contributed by atoms with Crippen LogP contribution in [-0.4, -0.2) is 18.3 Å². The molecule has 10 heavy (non-hydrogen) atoms. The van der Waals surface area contributed by atoms with Crippen LogP contribution in [0.5, 0.6) is 0 Å². The van der Waals surface area contributed by atoms with Crippen LogP contribution in [0.1, 0.15) is 32.1 Å². The van der Waals surface area contributed by atoms with E-state index in [1.54, 1.807) is 0 Å². The third-order valence-corrected chi connectivity index (χ3v) is 1.30. The van der Waals surface area contributed by atoms with Gasteiger partial charge in [-0.2, -0.15) is 0 Å². The summed E-state index contributed by atoms with van der Waals surface area (Å²) in [5.74, 6) is 0. The Balaban J connectivity index is 0. The number of rotatable bonds is 6. The minimum atomic E-state index is 0. The molecule has 0 saturated carbocycles. The summed E-state index contributed by atoms with van der Waals surface area (Å²) in [5, 5.41) is 18.3. The van der Waals surface area contributed by atoms with Gasteiger partial charge in [-0.25, -0.2) is 0 Å². The molecule has 0 aliphatic heterocycles. The minimum absolute atomic E-state index is 0. The first-order valence-corrected chi connectivity index (χ1v) is 3.60. The van der Waals surface area contributed by atoms with Crippen molar-refractivity contribution in [2.24, 2.45) is 0 Å². The van der Waals surface area contributed by atoms with Gasteiger partial charge >= 0.3 is 29.6 Å². The van der Waals surface area contributed by atoms with Crippen LogP contribution < -0.4 is 34.7 Å². The van der Waals surface area contributed by atoms with E-state index >= 15 is 0 Å². The fourth-order valence-electron chi connectivity index (χ4n) is 0.744. The van der Waals surface area contributed by atoms with Crippen LogP contribution in [0.15, 0.2) is 0 Å². The molecule has 0 aliphatic rings. The van der Waals surface area contributed by atoms with Gasteiger partial charge in [0.05, 0.1) is 0 Å². The Morgan fingerprint density at radius 3 is 1.90 bits per heavy atom. The van der Waals surface area contributed by atoms with E-state index in [9.17, 15) is 5.11 Å². The fraction of sp³-hybridized carbons (Fsp3) is 1.00. The van der Waals surface area contributed by atoms with Crippen molar-refractivity contribution >= 4 is 0 Å². The summed E-state index contributed by atoms with van der Waals surface area (Å²) in [6, 6.07) is 0. The third kappa shape index (κ3) is 11.7. The summed E-state index contributed by atoms with van der Waals surface area (Å²) < 4.78 is 0. The Hall–Kier alpha value is 0.920. The van der Waals surface area contributed by atoms with Crippen LogP contribution in [-0.2, 0) is 0 Å². The van der Waals surface area contributed by atoms with Gasteiger partial charge in [-0.3, -0.25) is 0 Å². The van der Waals surface area contributed by atoms with Crippen LogP contribution in [0.25, 0.3) is 0 Å². The van der Waals surface area contributed by atoms with E-state index in [1.807, 2.05) is 0 Å². The Labute approximate surface area is 84.9 Å². The van der Waals surface area contributed by atoms with Gasteiger partial charge in [0.15, 0.2) is 0 Å². The summed E-state index contributed by atoms with van der Waals surface area (Å²) in [6.45, 7) is 0.344. The quantitative estimate of drug-likeness (QED) is 0.334. The van der Waals surface area contributed by atoms with E-state index in [-0.39, 0.29) is 42.8 Å². The van der Waals surface area contributed by atoms with Crippen LogP contribution in [0.3, 0.4) is 0 Å². The molecule has 0 bridgehead atoms. The Morgan fingerprint density at radius 2 is 1.40 bits per heavy atom. The zero-order valence-corrected chi connectivity index (χ0v) is 8.81. The van der Waals surface area contributed by atoms with Crippen molar-refractivity contribution in [2.75, 3.05) is 13.2 Å². The minimum Gasteiger partial charge on any atom is -0.854 e. The van der Waals surface area contributed by atoms with E-state index in [4.69, 9.17) is 5.11 Å². The molecule has 2 nitrogen and oxygen atoms in total. The number of aliphatic hydroxyl groups is 1. The van der Waals surface area contributed by atoms with Crippen molar-refractivity contribution in [2.45, 2.75) is 32.1 Å². The molecule has 0 radical (unpaired) electrons. The second kappa shape index (κ2) is 12.6. The van der Waals surface area contributed by atoms with Gasteiger partial charge in [-0.05, 0) is 6.42 Å². The molecule has 0 aromatic rings. The van der Waals surface area contributed by atoms with E-state index in [0.29, 0.717) is 0 Å². The van der Waals surface area contributed by atoms with Crippen molar-refractivity contribution in [1.29, 1.82) is 0 Å². The summed E-state index contributed by atoms with van der Waals surface area (Å²) in [5.41, 5.74) is 0. The molecule has 1 N–H and O–H groups in total. The largest absolute Gasteiger partial charge is 1.00 e. The van der Waals surface area contributed by atoms with E-state index < -0.39 is 0 Å². The topological polar surface area (TPSA) is 43.3 Å². The molecule has 0 spiro atoms. The second-order valence-electron chi connectivity index (χ2n) is 2.20. The van der Waals surface area contributed by atoms with E-state index in [0.717, 1.165) is 32.1 Å². The predicted octanol–water partition coefficient (Wildman–Crippen LogP) is -2.71. The molecule has 0 aromatic carbocycles. The van der Waals surface area contributed by atoms with Gasteiger partial charge in [0.2, 0.25) is 0 Å². The Bertz CT molecular complexity index is 44.9. The molecule has 3 heteroatoms. The molecule has 0 fully saturated rings. The standard InChI is InChI=1S/C7H15O2.Na/c8-6-4-2-1-3-5-7-9;/h8H,1-7H2;/q-1;+1. The number of unbranched alkanes of at least 4 members (excludes halogenated alkanes) is 4. The zero-order valence-electron chi connectivity index (χ0n) is 6.81. The SMILES string of the molecule is [Na+].[O-]CCCCCCCO. The van der Waals surface area contributed by atoms with Gasteiger partial charge in [0.25, 0.3) is 0 Å². The van der Waals surface area contributed by atoms with Crippen molar-refractivity contribution in [3.63, 3.8) is 0 Å². The summed E-state index contributed by atoms with van der Waals surface area (Å²) in [7, 11) is 0. The maximum Gasteiger partial charge on any atom is 1.00 e. The first kappa shape index (κ1) is 13.5. The molecule has 0 unspecified atom stereocenters. The van der Waals surface area contributed by atoms with Gasteiger partial charge in [0.1, 0.15) is 0 Å². The molecule has 0 rings (SSSR count). The first-order chi connectivity index (χ1) is 4.41. The number of hydrogen-bond donors (Lipinski definition) is 1. The summed E-state index contributed by atoms with van der Waals surface area (Å²) in [6.07, 6.45) is 4.88. The van der Waals surface area contributed by atoms with E-state index in [1.165, 1.54) is 0 Å². The summed E-state index contributed by atoms with van der Waals surface area (Å²) >= 11 is 0. The molecular formula is C7H15NaO2. The Morgan fingerprint density at radius 1 is 0.900 bits per heavy atom. The second-order valence-corrected chi connectivity index (χ2v) is 2.20. The summed E-state index contributed by atoms with van der Waals surface area (Å²) in [4.78, 5) is 0. The number of hydrogen-bond acceptors (Lipinski definition) is 2. The first-order valence-electron chi connectivity index (χ1n) is 3.60. The monoisotopic (exact) mass is 154 g/mol. The molecule has 0 atom stereocenters. The van der Waals surface area contributed by atoms with Crippen LogP contribution in [0.2, 0.25) is 0 Å². The van der Waals surface area contributed by atoms with Crippen LogP contribution in [0.4, 0.5) is 0 Å². The van der Waals surface area contributed by atoms with Gasteiger partial charge < -0.3 is 10.2 Å². The van der Waals surface area contributed by atoms with Crippen molar-refractivity contribution in [1.82, 2.24) is 0 Å². The third-order valence-electron chi connectivity index (χ3n) is 1.30. The molecule has 0 saturated heterocycles. The maximum atomic E-state index is 9.91. The van der Waals surface area contributed by atoms with Gasteiger partial charge in [-0.15, -0.1) is 6.61 Å². The smallest absolute Gasteiger partial charge is 0.854 e. The van der Waals surface area contributed by atoms with Crippen molar-refractivity contribution in [3.8, 4) is 0 Å². The fourth-order valence-corrected chi connectivity index (χ4v) is 0.744. The molecule has 0 aromatic heterocycles. The molecule has 0 aliphatic carbocycles. The zero-order chi connectivity index (χ0) is 6.95. The predicted molar refractivity (Wildman–Crippen MR) is 35.0 cm³/mol. The molecule has 56 valence electrons. The van der Waals surface area contributed by atoms with Crippen molar-refractivity contribution < 1.29 is 39.8 Å². The van der Waals surface area contributed by atoms with Gasteiger partial charge in [-0.1, -0.05) is 25.7 Å². The maximum absolute atomic E-state index is 9.91. The van der Waals surface area contributed by atoms with Gasteiger partial charge in [0, 0.05) is 6.61 Å². The Kier molecular flexibility index (Phi) is 17.0. The van der Waals surface area contributed by atoms with Crippen molar-refractivity contribution in [3.05, 3.63) is 0 Å². The molecule has 0 amide bonds. The average molecular weight is 154 g/mol. The number of aliphatic hydroxyl groups excluding tert-OH is 1. The molecular weight excluding hydrogens is 139 g/mol. The van der Waals surface area contributed by atoms with Crippen LogP contribution >= 0.6 is 0 Å². The van der Waals surface area contributed by atoms with E-state index in [2.05, 4.69) is 0 Å². The molecule has 0 heterocycles. The van der Waals surface area contributed by atoms with Crippen LogP contribution in [0, 0.1) is 0 Å². The average Bonchev–Trinajstić information content (AvgIpc) is 1.89.